The summed E-state index contributed by atoms with van der Waals surface area (Å²) in [5.41, 5.74) is 9.31. The summed E-state index contributed by atoms with van der Waals surface area (Å²) in [5.74, 6) is 0.603. The van der Waals surface area contributed by atoms with Gasteiger partial charge in [-0.25, -0.2) is 19.6 Å². The Kier molecular flexibility index (Phi) is 11.8. The number of nitrogens with zero attached hydrogens (tertiary/aromatic N) is 5. The van der Waals surface area contributed by atoms with Crippen molar-refractivity contribution in [1.29, 1.82) is 0 Å². The van der Waals surface area contributed by atoms with Crippen LogP contribution in [0.15, 0.2) is 30.9 Å². The lowest BCUT2D eigenvalue weighted by molar-refractivity contribution is -0.120. The van der Waals surface area contributed by atoms with Crippen LogP contribution in [-0.2, 0) is 30.3 Å². The molecule has 0 aliphatic heterocycles. The van der Waals surface area contributed by atoms with Gasteiger partial charge in [0.2, 0.25) is 0 Å². The summed E-state index contributed by atoms with van der Waals surface area (Å²) in [4.78, 5) is 28.4. The molecular weight excluding hydrogens is 514 g/mol. The Bertz CT molecular complexity index is 1340. The predicted molar refractivity (Wildman–Crippen MR) is 152 cm³/mol. The van der Waals surface area contributed by atoms with Gasteiger partial charge in [0.1, 0.15) is 29.3 Å². The van der Waals surface area contributed by atoms with Gasteiger partial charge in [-0.1, -0.05) is 6.42 Å². The van der Waals surface area contributed by atoms with E-state index in [1.807, 2.05) is 29.9 Å². The molecular formula is C28H39N7O5. The number of pyridine rings is 1. The molecule has 0 spiro atoms. The number of aryl methyl sites for hydroxylation is 1. The van der Waals surface area contributed by atoms with E-state index in [0.29, 0.717) is 83.7 Å². The van der Waals surface area contributed by atoms with Crippen LogP contribution in [0.25, 0.3) is 33.3 Å². The number of aromatic nitrogens is 6. The van der Waals surface area contributed by atoms with Gasteiger partial charge in [0.25, 0.3) is 0 Å². The largest absolute Gasteiger partial charge is 0.383 e. The number of ether oxygens (including phenoxy) is 4. The van der Waals surface area contributed by atoms with Gasteiger partial charge < -0.3 is 29.7 Å². The maximum absolute atomic E-state index is 12.2. The van der Waals surface area contributed by atoms with E-state index < -0.39 is 0 Å². The van der Waals surface area contributed by atoms with Crippen LogP contribution in [-0.4, -0.2) is 88.4 Å². The SMILES string of the molecule is CCOCCOCCOCCOCCC(=O)CCCCCn1nc(-c2cnc3[nH]ccc3c2)c2c(N)ncnc21. The molecule has 0 radical (unpaired) electrons. The maximum atomic E-state index is 12.2. The van der Waals surface area contributed by atoms with Gasteiger partial charge in [0.15, 0.2) is 5.65 Å². The fraction of sp³-hybridized carbons (Fsp3) is 0.536. The minimum atomic E-state index is 0.212. The molecule has 216 valence electrons. The molecule has 40 heavy (non-hydrogen) atoms. The van der Waals surface area contributed by atoms with E-state index in [1.165, 1.54) is 6.33 Å². The summed E-state index contributed by atoms with van der Waals surface area (Å²) in [7, 11) is 0. The Morgan fingerprint density at radius 1 is 0.925 bits per heavy atom. The van der Waals surface area contributed by atoms with E-state index >= 15 is 0 Å². The Labute approximate surface area is 233 Å². The first-order chi connectivity index (χ1) is 19.7. The van der Waals surface area contributed by atoms with Crippen LogP contribution in [0.2, 0.25) is 0 Å². The molecule has 0 unspecified atom stereocenters. The van der Waals surface area contributed by atoms with Crippen molar-refractivity contribution >= 4 is 33.7 Å². The van der Waals surface area contributed by atoms with E-state index in [0.717, 1.165) is 46.9 Å². The zero-order chi connectivity index (χ0) is 28.0. The molecule has 0 aromatic carbocycles. The summed E-state index contributed by atoms with van der Waals surface area (Å²) < 4.78 is 23.4. The Morgan fingerprint density at radius 2 is 1.68 bits per heavy atom. The van der Waals surface area contributed by atoms with E-state index in [2.05, 4.69) is 19.9 Å². The van der Waals surface area contributed by atoms with Crippen molar-refractivity contribution in [3.8, 4) is 11.3 Å². The van der Waals surface area contributed by atoms with Crippen molar-refractivity contribution in [3.63, 3.8) is 0 Å². The number of nitrogen functional groups attached to an aromatic ring is 1. The second kappa shape index (κ2) is 16.0. The van der Waals surface area contributed by atoms with Crippen molar-refractivity contribution in [2.75, 3.05) is 58.6 Å². The summed E-state index contributed by atoms with van der Waals surface area (Å²) in [6.07, 6.45) is 8.65. The maximum Gasteiger partial charge on any atom is 0.163 e. The van der Waals surface area contributed by atoms with Gasteiger partial charge in [0, 0.05) is 49.3 Å². The minimum Gasteiger partial charge on any atom is -0.383 e. The second-order valence-corrected chi connectivity index (χ2v) is 9.30. The highest BCUT2D eigenvalue weighted by Gasteiger charge is 2.17. The number of H-pyrrole nitrogens is 1. The molecule has 0 aliphatic rings. The fourth-order valence-corrected chi connectivity index (χ4v) is 4.33. The van der Waals surface area contributed by atoms with Crippen molar-refractivity contribution in [2.24, 2.45) is 0 Å². The molecule has 0 aliphatic carbocycles. The number of nitrogens with one attached hydrogen (secondary N) is 1. The first kappa shape index (κ1) is 29.5. The molecule has 4 rings (SSSR count). The van der Waals surface area contributed by atoms with Crippen LogP contribution in [0, 0.1) is 0 Å². The fourth-order valence-electron chi connectivity index (χ4n) is 4.33. The third-order valence-corrected chi connectivity index (χ3v) is 6.40. The zero-order valence-corrected chi connectivity index (χ0v) is 23.1. The molecule has 3 N–H and O–H groups in total. The summed E-state index contributed by atoms with van der Waals surface area (Å²) in [5, 5.41) is 6.54. The van der Waals surface area contributed by atoms with Crippen LogP contribution in [0.3, 0.4) is 0 Å². The van der Waals surface area contributed by atoms with Crippen LogP contribution in [0.4, 0.5) is 5.82 Å². The smallest absolute Gasteiger partial charge is 0.163 e. The first-order valence-electron chi connectivity index (χ1n) is 13.9. The van der Waals surface area contributed by atoms with E-state index in [-0.39, 0.29) is 5.78 Å². The monoisotopic (exact) mass is 553 g/mol. The predicted octanol–water partition coefficient (Wildman–Crippen LogP) is 3.56. The number of rotatable bonds is 20. The number of hydrogen-bond donors (Lipinski definition) is 2. The molecule has 12 nitrogen and oxygen atoms in total. The number of Topliss-reactive ketones (excluding diaryl/α,β-unsaturated/α-hetero) is 1. The molecule has 4 aromatic heterocycles. The van der Waals surface area contributed by atoms with E-state index in [9.17, 15) is 4.79 Å². The standard InChI is InChI=1S/C28H39N7O5/c1-2-37-12-13-39-16-17-40-15-14-38-11-8-23(36)6-4-3-5-10-35-28-24(26(29)32-20-33-28)25(34-35)22-18-21-7-9-30-27(21)31-19-22/h7,9,18-20H,2-6,8,10-17H2,1H3,(H,30,31)(H2,29,32,33). The number of hydrogen-bond acceptors (Lipinski definition) is 10. The topological polar surface area (TPSA) is 152 Å². The number of anilines is 1. The summed E-state index contributed by atoms with van der Waals surface area (Å²) in [6, 6.07) is 4.00. The van der Waals surface area contributed by atoms with Crippen LogP contribution in [0.1, 0.15) is 39.0 Å². The molecule has 4 aromatic rings. The number of nitrogens with two attached hydrogens (primary N) is 1. The number of fused-ring (bicyclic) bond motifs is 2. The average molecular weight is 554 g/mol. The van der Waals surface area contributed by atoms with E-state index in [4.69, 9.17) is 29.8 Å². The Balaban J connectivity index is 1.12. The van der Waals surface area contributed by atoms with Crippen LogP contribution < -0.4 is 5.73 Å². The first-order valence-corrected chi connectivity index (χ1v) is 13.9. The van der Waals surface area contributed by atoms with Gasteiger partial charge in [0.05, 0.1) is 51.6 Å². The number of carbonyl (C=O) groups is 1. The minimum absolute atomic E-state index is 0.212. The third kappa shape index (κ3) is 8.52. The Morgan fingerprint density at radius 3 is 2.45 bits per heavy atom. The van der Waals surface area contributed by atoms with Crippen LogP contribution in [0.5, 0.6) is 0 Å². The highest BCUT2D eigenvalue weighted by atomic mass is 16.6. The molecule has 0 fully saturated rings. The van der Waals surface area contributed by atoms with Gasteiger partial charge in [-0.3, -0.25) is 4.79 Å². The lowest BCUT2D eigenvalue weighted by Gasteiger charge is -2.07. The second-order valence-electron chi connectivity index (χ2n) is 9.30. The molecule has 0 amide bonds. The van der Waals surface area contributed by atoms with E-state index in [1.54, 1.807) is 6.20 Å². The highest BCUT2D eigenvalue weighted by molar-refractivity contribution is 5.99. The van der Waals surface area contributed by atoms with Crippen molar-refractivity contribution in [1.82, 2.24) is 29.7 Å². The van der Waals surface area contributed by atoms with Gasteiger partial charge in [-0.2, -0.15) is 5.10 Å². The van der Waals surface area contributed by atoms with Gasteiger partial charge in [-0.15, -0.1) is 0 Å². The number of unbranched alkanes of at least 4 members (excludes halogenated alkanes) is 2. The number of ketones is 1. The normalized spacial score (nSPS) is 11.6. The van der Waals surface area contributed by atoms with Crippen molar-refractivity contribution in [3.05, 3.63) is 30.9 Å². The molecule has 0 saturated heterocycles. The Hall–Kier alpha value is -3.45. The molecule has 0 bridgehead atoms. The number of aromatic amines is 1. The third-order valence-electron chi connectivity index (χ3n) is 6.40. The summed E-state index contributed by atoms with van der Waals surface area (Å²) in [6.45, 7) is 6.92. The average Bonchev–Trinajstić information content (AvgIpc) is 3.58. The number of carbonyl (C=O) groups excluding carboxylic acids is 1. The molecule has 0 atom stereocenters. The van der Waals surface area contributed by atoms with Crippen LogP contribution >= 0.6 is 0 Å². The zero-order valence-electron chi connectivity index (χ0n) is 23.1. The summed E-state index contributed by atoms with van der Waals surface area (Å²) >= 11 is 0. The van der Waals surface area contributed by atoms with Gasteiger partial charge >= 0.3 is 0 Å². The van der Waals surface area contributed by atoms with Crippen molar-refractivity contribution in [2.45, 2.75) is 45.6 Å². The highest BCUT2D eigenvalue weighted by Crippen LogP contribution is 2.31. The lowest BCUT2D eigenvalue weighted by atomic mass is 10.1. The quantitative estimate of drug-likeness (QED) is 0.155. The molecule has 4 heterocycles. The lowest BCUT2D eigenvalue weighted by Crippen LogP contribution is -2.12. The van der Waals surface area contributed by atoms with Crippen molar-refractivity contribution < 1.29 is 23.7 Å². The molecule has 0 saturated carbocycles. The molecule has 12 heteroatoms. The van der Waals surface area contributed by atoms with Gasteiger partial charge in [-0.05, 0) is 31.9 Å².